The SMILES string of the molecule is CN1C2CCC1CC(C(Cc1cccc(F)c1F)NN)C2. The second kappa shape index (κ2) is 5.99. The molecule has 3 N–H and O–H groups in total. The van der Waals surface area contributed by atoms with Crippen LogP contribution in [-0.2, 0) is 6.42 Å². The van der Waals surface area contributed by atoms with Crippen LogP contribution in [0.2, 0.25) is 0 Å². The molecule has 0 spiro atoms. The predicted octanol–water partition coefficient (Wildman–Crippen LogP) is 2.21. The van der Waals surface area contributed by atoms with Gasteiger partial charge in [-0.15, -0.1) is 0 Å². The Labute approximate surface area is 124 Å². The number of hydrogen-bond acceptors (Lipinski definition) is 3. The molecule has 5 heteroatoms. The third kappa shape index (κ3) is 2.82. The fraction of sp³-hybridized carbons (Fsp3) is 0.625. The van der Waals surface area contributed by atoms with Gasteiger partial charge in [0.2, 0.25) is 0 Å². The first-order chi connectivity index (χ1) is 10.1. The van der Waals surface area contributed by atoms with Crippen molar-refractivity contribution in [2.75, 3.05) is 7.05 Å². The quantitative estimate of drug-likeness (QED) is 0.661. The van der Waals surface area contributed by atoms with E-state index in [1.165, 1.54) is 12.8 Å². The van der Waals surface area contributed by atoms with Gasteiger partial charge in [0.05, 0.1) is 0 Å². The number of hydrogen-bond donors (Lipinski definition) is 2. The molecule has 0 radical (unpaired) electrons. The lowest BCUT2D eigenvalue weighted by Crippen LogP contribution is -2.49. The highest BCUT2D eigenvalue weighted by Crippen LogP contribution is 2.39. The lowest BCUT2D eigenvalue weighted by atomic mass is 9.83. The minimum absolute atomic E-state index is 0.00176. The van der Waals surface area contributed by atoms with E-state index in [2.05, 4.69) is 17.4 Å². The number of piperidine rings is 1. The fourth-order valence-corrected chi connectivity index (χ4v) is 4.09. The molecule has 3 rings (SSSR count). The van der Waals surface area contributed by atoms with E-state index in [4.69, 9.17) is 5.84 Å². The summed E-state index contributed by atoms with van der Waals surface area (Å²) >= 11 is 0. The Kier molecular flexibility index (Phi) is 4.24. The first-order valence-electron chi connectivity index (χ1n) is 7.71. The normalized spacial score (nSPS) is 30.6. The largest absolute Gasteiger partial charge is 0.300 e. The van der Waals surface area contributed by atoms with Gasteiger partial charge in [0.15, 0.2) is 11.6 Å². The Balaban J connectivity index is 1.72. The van der Waals surface area contributed by atoms with Crippen LogP contribution >= 0.6 is 0 Å². The molecule has 2 fully saturated rings. The molecule has 2 saturated heterocycles. The zero-order chi connectivity index (χ0) is 15.0. The number of nitrogens with two attached hydrogens (primary N) is 1. The van der Waals surface area contributed by atoms with E-state index in [0.717, 1.165) is 18.9 Å². The second-order valence-corrected chi connectivity index (χ2v) is 6.47. The van der Waals surface area contributed by atoms with Crippen molar-refractivity contribution in [2.24, 2.45) is 11.8 Å². The van der Waals surface area contributed by atoms with Gasteiger partial charge in [0.25, 0.3) is 0 Å². The lowest BCUT2D eigenvalue weighted by Gasteiger charge is -2.39. The van der Waals surface area contributed by atoms with E-state index in [0.29, 0.717) is 30.0 Å². The van der Waals surface area contributed by atoms with Gasteiger partial charge in [-0.1, -0.05) is 12.1 Å². The Morgan fingerprint density at radius 1 is 1.29 bits per heavy atom. The summed E-state index contributed by atoms with van der Waals surface area (Å²) in [6.45, 7) is 0. The van der Waals surface area contributed by atoms with Gasteiger partial charge in [-0.3, -0.25) is 11.3 Å². The van der Waals surface area contributed by atoms with Gasteiger partial charge in [0, 0.05) is 18.1 Å². The van der Waals surface area contributed by atoms with Gasteiger partial charge < -0.3 is 4.90 Å². The highest BCUT2D eigenvalue weighted by molar-refractivity contribution is 5.20. The van der Waals surface area contributed by atoms with Crippen molar-refractivity contribution in [1.82, 2.24) is 10.3 Å². The molecule has 3 nitrogen and oxygen atoms in total. The van der Waals surface area contributed by atoms with Crippen LogP contribution in [0.4, 0.5) is 8.78 Å². The van der Waals surface area contributed by atoms with Gasteiger partial charge in [-0.05, 0) is 56.7 Å². The summed E-state index contributed by atoms with van der Waals surface area (Å²) in [6, 6.07) is 5.58. The molecule has 2 bridgehead atoms. The van der Waals surface area contributed by atoms with E-state index >= 15 is 0 Å². The molecular formula is C16H23F2N3. The highest BCUT2D eigenvalue weighted by atomic mass is 19.2. The van der Waals surface area contributed by atoms with Crippen LogP contribution in [0.15, 0.2) is 18.2 Å². The maximum atomic E-state index is 13.8. The monoisotopic (exact) mass is 295 g/mol. The minimum atomic E-state index is -0.785. The molecule has 2 aliphatic heterocycles. The van der Waals surface area contributed by atoms with Crippen LogP contribution in [0.5, 0.6) is 0 Å². The summed E-state index contributed by atoms with van der Waals surface area (Å²) in [5.41, 5.74) is 3.25. The molecule has 3 unspecified atom stereocenters. The molecule has 21 heavy (non-hydrogen) atoms. The van der Waals surface area contributed by atoms with Gasteiger partial charge >= 0.3 is 0 Å². The smallest absolute Gasteiger partial charge is 0.162 e. The molecule has 0 saturated carbocycles. The number of benzene rings is 1. The van der Waals surface area contributed by atoms with Gasteiger partial charge in [0.1, 0.15) is 0 Å². The number of hydrazine groups is 1. The van der Waals surface area contributed by atoms with Crippen LogP contribution in [0.3, 0.4) is 0 Å². The van der Waals surface area contributed by atoms with Crippen molar-refractivity contribution < 1.29 is 8.78 Å². The topological polar surface area (TPSA) is 41.3 Å². The Morgan fingerprint density at radius 2 is 1.95 bits per heavy atom. The number of halogens is 2. The second-order valence-electron chi connectivity index (χ2n) is 6.47. The molecule has 116 valence electrons. The van der Waals surface area contributed by atoms with Crippen molar-refractivity contribution in [3.05, 3.63) is 35.4 Å². The standard InChI is InChI=1S/C16H23F2N3/c1-21-12-5-6-13(21)8-11(7-12)15(20-19)9-10-3-2-4-14(17)16(10)18/h2-4,11-13,15,20H,5-9,19H2,1H3. The first kappa shape index (κ1) is 14.9. The number of nitrogens with one attached hydrogen (secondary N) is 1. The van der Waals surface area contributed by atoms with Gasteiger partial charge in [-0.2, -0.15) is 0 Å². The predicted molar refractivity (Wildman–Crippen MR) is 78.5 cm³/mol. The Bertz CT molecular complexity index is 494. The first-order valence-corrected chi connectivity index (χ1v) is 7.71. The third-order valence-electron chi connectivity index (χ3n) is 5.39. The van der Waals surface area contributed by atoms with Crippen LogP contribution in [-0.4, -0.2) is 30.1 Å². The fourth-order valence-electron chi connectivity index (χ4n) is 4.09. The van der Waals surface area contributed by atoms with E-state index in [9.17, 15) is 8.78 Å². The molecule has 0 amide bonds. The van der Waals surface area contributed by atoms with E-state index in [-0.39, 0.29) is 6.04 Å². The number of nitrogens with zero attached hydrogens (tertiary/aromatic N) is 1. The molecule has 0 aromatic heterocycles. The maximum absolute atomic E-state index is 13.8. The molecule has 1 aromatic carbocycles. The van der Waals surface area contributed by atoms with E-state index < -0.39 is 11.6 Å². The van der Waals surface area contributed by atoms with E-state index in [1.807, 2.05) is 0 Å². The van der Waals surface area contributed by atoms with Crippen LogP contribution in [0.25, 0.3) is 0 Å². The van der Waals surface area contributed by atoms with E-state index in [1.54, 1.807) is 12.1 Å². The van der Waals surface area contributed by atoms with Crippen molar-refractivity contribution in [3.63, 3.8) is 0 Å². The highest BCUT2D eigenvalue weighted by Gasteiger charge is 2.40. The average molecular weight is 295 g/mol. The molecule has 2 aliphatic rings. The number of fused-ring (bicyclic) bond motifs is 2. The third-order valence-corrected chi connectivity index (χ3v) is 5.39. The summed E-state index contributed by atoms with van der Waals surface area (Å²) in [5, 5.41) is 0. The van der Waals surface area contributed by atoms with Gasteiger partial charge in [-0.25, -0.2) is 8.78 Å². The van der Waals surface area contributed by atoms with Crippen molar-refractivity contribution in [1.29, 1.82) is 0 Å². The lowest BCUT2D eigenvalue weighted by molar-refractivity contribution is 0.112. The van der Waals surface area contributed by atoms with Crippen LogP contribution in [0, 0.1) is 17.6 Å². The zero-order valence-electron chi connectivity index (χ0n) is 12.4. The summed E-state index contributed by atoms with van der Waals surface area (Å²) in [5.74, 6) is 4.60. The molecule has 2 heterocycles. The van der Waals surface area contributed by atoms with Crippen LogP contribution in [0.1, 0.15) is 31.2 Å². The maximum Gasteiger partial charge on any atom is 0.162 e. The number of rotatable bonds is 4. The molecular weight excluding hydrogens is 272 g/mol. The molecule has 0 aliphatic carbocycles. The van der Waals surface area contributed by atoms with Crippen molar-refractivity contribution in [2.45, 2.75) is 50.2 Å². The molecule has 1 aromatic rings. The Morgan fingerprint density at radius 3 is 2.57 bits per heavy atom. The molecule has 3 atom stereocenters. The van der Waals surface area contributed by atoms with Crippen molar-refractivity contribution >= 4 is 0 Å². The summed E-state index contributed by atoms with van der Waals surface area (Å²) in [6.07, 6.45) is 5.08. The minimum Gasteiger partial charge on any atom is -0.300 e. The van der Waals surface area contributed by atoms with Crippen molar-refractivity contribution in [3.8, 4) is 0 Å². The van der Waals surface area contributed by atoms with Crippen LogP contribution < -0.4 is 11.3 Å². The summed E-state index contributed by atoms with van der Waals surface area (Å²) < 4.78 is 27.2. The zero-order valence-corrected chi connectivity index (χ0v) is 12.4. The average Bonchev–Trinajstić information content (AvgIpc) is 2.70. The Hall–Kier alpha value is -1.04. The summed E-state index contributed by atoms with van der Waals surface area (Å²) in [4.78, 5) is 2.47. The summed E-state index contributed by atoms with van der Waals surface area (Å²) in [7, 11) is 2.19.